The Kier molecular flexibility index (Phi) is 7.32. The fourth-order valence-electron chi connectivity index (χ4n) is 3.60. The summed E-state index contributed by atoms with van der Waals surface area (Å²) in [6.45, 7) is 1.77. The number of anilines is 1. The highest BCUT2D eigenvalue weighted by Crippen LogP contribution is 2.36. The molecule has 1 N–H and O–H groups in total. The predicted molar refractivity (Wildman–Crippen MR) is 127 cm³/mol. The van der Waals surface area contributed by atoms with Gasteiger partial charge in [0.1, 0.15) is 27.0 Å². The Bertz CT molecular complexity index is 1430. The second kappa shape index (κ2) is 9.71. The zero-order chi connectivity index (χ0) is 25.3. The molecule has 3 rings (SSSR count). The van der Waals surface area contributed by atoms with Gasteiger partial charge in [-0.05, 0) is 55.2 Å². The average molecular weight is 513 g/mol. The van der Waals surface area contributed by atoms with Crippen LogP contribution in [0.5, 0.6) is 0 Å². The zero-order valence-electron chi connectivity index (χ0n) is 18.9. The van der Waals surface area contributed by atoms with Crippen molar-refractivity contribution in [2.75, 3.05) is 29.1 Å². The van der Waals surface area contributed by atoms with Gasteiger partial charge in [0.2, 0.25) is 15.7 Å². The standard InChI is InChI=1S/C22H25FN2O7S2/c1-4-14-13-17-18(22(26)27)19(15-7-9-16(23)10-8-15)32-21(17)24-20(14)25(34(3,30)31)11-5-6-12-33(2,28)29/h7-10,13H,4-6,11-12H2,1-3H3,(H,26,27). The molecule has 2 heterocycles. The van der Waals surface area contributed by atoms with E-state index < -0.39 is 31.6 Å². The maximum absolute atomic E-state index is 13.4. The van der Waals surface area contributed by atoms with Crippen LogP contribution in [0.1, 0.15) is 35.7 Å². The largest absolute Gasteiger partial charge is 0.478 e. The number of fused-ring (bicyclic) bond motifs is 1. The molecular formula is C22H25FN2O7S2. The average Bonchev–Trinajstić information content (AvgIpc) is 3.10. The van der Waals surface area contributed by atoms with E-state index in [0.29, 0.717) is 17.5 Å². The van der Waals surface area contributed by atoms with E-state index in [-0.39, 0.29) is 53.4 Å². The molecule has 9 nitrogen and oxygen atoms in total. The molecule has 2 aromatic heterocycles. The lowest BCUT2D eigenvalue weighted by molar-refractivity contribution is 0.0699. The Balaban J connectivity index is 2.13. The summed E-state index contributed by atoms with van der Waals surface area (Å²) in [5.74, 6) is -1.76. The number of sulfonamides is 1. The van der Waals surface area contributed by atoms with Crippen molar-refractivity contribution in [3.05, 3.63) is 47.3 Å². The van der Waals surface area contributed by atoms with Crippen molar-refractivity contribution in [1.82, 2.24) is 4.98 Å². The van der Waals surface area contributed by atoms with Gasteiger partial charge in [0.05, 0.1) is 11.6 Å². The molecule has 0 saturated carbocycles. The fourth-order valence-corrected chi connectivity index (χ4v) is 5.26. The Hall–Kier alpha value is -2.99. The molecule has 34 heavy (non-hydrogen) atoms. The number of sulfone groups is 1. The molecule has 0 aliphatic heterocycles. The topological polar surface area (TPSA) is 135 Å². The van der Waals surface area contributed by atoms with Gasteiger partial charge < -0.3 is 9.52 Å². The number of aromatic carboxylic acids is 1. The van der Waals surface area contributed by atoms with Gasteiger partial charge in [0.15, 0.2) is 5.76 Å². The fraction of sp³-hybridized carbons (Fsp3) is 0.364. The summed E-state index contributed by atoms with van der Waals surface area (Å²) in [6.07, 6.45) is 3.03. The summed E-state index contributed by atoms with van der Waals surface area (Å²) < 4.78 is 68.1. The highest BCUT2D eigenvalue weighted by atomic mass is 32.2. The Morgan fingerprint density at radius 2 is 1.76 bits per heavy atom. The number of rotatable bonds is 10. The maximum atomic E-state index is 13.4. The molecule has 3 aromatic rings. The SMILES string of the molecule is CCc1cc2c(C(=O)O)c(-c3ccc(F)cc3)oc2nc1N(CCCCS(C)(=O)=O)S(C)(=O)=O. The van der Waals surface area contributed by atoms with Crippen LogP contribution in [0.3, 0.4) is 0 Å². The number of halogens is 1. The van der Waals surface area contributed by atoms with Crippen LogP contribution in [0.4, 0.5) is 10.2 Å². The molecule has 0 bridgehead atoms. The summed E-state index contributed by atoms with van der Waals surface area (Å²) in [5, 5.41) is 10.0. The molecule has 0 atom stereocenters. The first kappa shape index (κ1) is 25.6. The maximum Gasteiger partial charge on any atom is 0.340 e. The van der Waals surface area contributed by atoms with Gasteiger partial charge >= 0.3 is 5.97 Å². The molecule has 0 fully saturated rings. The van der Waals surface area contributed by atoms with Crippen LogP contribution < -0.4 is 4.31 Å². The third-order valence-electron chi connectivity index (χ3n) is 5.20. The van der Waals surface area contributed by atoms with Crippen LogP contribution in [0, 0.1) is 5.82 Å². The second-order valence-corrected chi connectivity index (χ2v) is 12.1. The van der Waals surface area contributed by atoms with E-state index in [1.165, 1.54) is 30.3 Å². The first-order valence-electron chi connectivity index (χ1n) is 10.4. The summed E-state index contributed by atoms with van der Waals surface area (Å²) in [4.78, 5) is 16.4. The molecule has 0 unspecified atom stereocenters. The van der Waals surface area contributed by atoms with Gasteiger partial charge in [-0.2, -0.15) is 4.98 Å². The third kappa shape index (κ3) is 5.73. The number of hydrogen-bond acceptors (Lipinski definition) is 7. The number of aryl methyl sites for hydroxylation is 1. The number of carboxylic acids is 1. The van der Waals surface area contributed by atoms with Crippen molar-refractivity contribution < 1.29 is 35.5 Å². The molecule has 0 saturated heterocycles. The quantitative estimate of drug-likeness (QED) is 0.408. The van der Waals surface area contributed by atoms with E-state index in [4.69, 9.17) is 4.42 Å². The predicted octanol–water partition coefficient (Wildman–Crippen LogP) is 3.49. The van der Waals surface area contributed by atoms with Gasteiger partial charge in [-0.1, -0.05) is 6.92 Å². The minimum absolute atomic E-state index is 0.00280. The zero-order valence-corrected chi connectivity index (χ0v) is 20.5. The van der Waals surface area contributed by atoms with Gasteiger partial charge in [-0.3, -0.25) is 4.31 Å². The van der Waals surface area contributed by atoms with Crippen molar-refractivity contribution in [3.63, 3.8) is 0 Å². The van der Waals surface area contributed by atoms with Crippen molar-refractivity contribution in [3.8, 4) is 11.3 Å². The number of nitrogens with zero attached hydrogens (tertiary/aromatic N) is 2. The van der Waals surface area contributed by atoms with E-state index in [0.717, 1.165) is 16.8 Å². The van der Waals surface area contributed by atoms with E-state index in [2.05, 4.69) is 4.98 Å². The van der Waals surface area contributed by atoms with Gasteiger partial charge in [0.25, 0.3) is 0 Å². The van der Waals surface area contributed by atoms with E-state index in [9.17, 15) is 31.1 Å². The number of unbranched alkanes of at least 4 members (excludes halogenated alkanes) is 1. The molecule has 0 amide bonds. The molecule has 0 spiro atoms. The van der Waals surface area contributed by atoms with E-state index in [1.54, 1.807) is 6.92 Å². The summed E-state index contributed by atoms with van der Waals surface area (Å²) in [6, 6.07) is 6.64. The van der Waals surface area contributed by atoms with Crippen molar-refractivity contribution in [1.29, 1.82) is 0 Å². The number of hydrogen-bond donors (Lipinski definition) is 1. The molecule has 0 aliphatic carbocycles. The van der Waals surface area contributed by atoms with Gasteiger partial charge in [0, 0.05) is 24.1 Å². The van der Waals surface area contributed by atoms with Crippen LogP contribution in [0.2, 0.25) is 0 Å². The molecule has 1 aromatic carbocycles. The molecular weight excluding hydrogens is 487 g/mol. The Morgan fingerprint density at radius 1 is 1.12 bits per heavy atom. The van der Waals surface area contributed by atoms with Crippen LogP contribution in [0.25, 0.3) is 22.4 Å². The van der Waals surface area contributed by atoms with Gasteiger partial charge in [-0.15, -0.1) is 0 Å². The number of aromatic nitrogens is 1. The highest BCUT2D eigenvalue weighted by Gasteiger charge is 2.27. The Labute approximate surface area is 197 Å². The summed E-state index contributed by atoms with van der Waals surface area (Å²) in [7, 11) is -6.97. The number of carbonyl (C=O) groups is 1. The van der Waals surface area contributed by atoms with Crippen LogP contribution in [-0.2, 0) is 26.3 Å². The molecule has 0 aliphatic rings. The smallest absolute Gasteiger partial charge is 0.340 e. The second-order valence-electron chi connectivity index (χ2n) is 7.97. The number of pyridine rings is 1. The Morgan fingerprint density at radius 3 is 2.29 bits per heavy atom. The first-order valence-corrected chi connectivity index (χ1v) is 14.3. The monoisotopic (exact) mass is 512 g/mol. The van der Waals surface area contributed by atoms with Crippen LogP contribution in [-0.4, -0.2) is 57.7 Å². The van der Waals surface area contributed by atoms with Crippen molar-refractivity contribution in [2.24, 2.45) is 0 Å². The molecule has 184 valence electrons. The first-order chi connectivity index (χ1) is 15.8. The minimum Gasteiger partial charge on any atom is -0.478 e. The number of furan rings is 1. The normalized spacial score (nSPS) is 12.2. The third-order valence-corrected chi connectivity index (χ3v) is 7.39. The van der Waals surface area contributed by atoms with E-state index >= 15 is 0 Å². The summed E-state index contributed by atoms with van der Waals surface area (Å²) in [5.41, 5.74) is 0.579. The summed E-state index contributed by atoms with van der Waals surface area (Å²) >= 11 is 0. The minimum atomic E-state index is -3.79. The number of carboxylic acid groups (broad SMARTS) is 1. The van der Waals surface area contributed by atoms with Crippen LogP contribution >= 0.6 is 0 Å². The lowest BCUT2D eigenvalue weighted by Gasteiger charge is -2.23. The molecule has 0 radical (unpaired) electrons. The highest BCUT2D eigenvalue weighted by molar-refractivity contribution is 7.92. The van der Waals surface area contributed by atoms with Gasteiger partial charge in [-0.25, -0.2) is 26.0 Å². The number of benzene rings is 1. The lowest BCUT2D eigenvalue weighted by atomic mass is 10.0. The van der Waals surface area contributed by atoms with Crippen molar-refractivity contribution >= 4 is 42.7 Å². The van der Waals surface area contributed by atoms with Crippen LogP contribution in [0.15, 0.2) is 34.7 Å². The molecule has 12 heteroatoms. The lowest BCUT2D eigenvalue weighted by Crippen LogP contribution is -2.32. The van der Waals surface area contributed by atoms with Crippen molar-refractivity contribution in [2.45, 2.75) is 26.2 Å². The van der Waals surface area contributed by atoms with E-state index in [1.807, 2.05) is 0 Å².